The molecule has 3 heteroatoms. The molecule has 2 rings (SSSR count). The van der Waals surface area contributed by atoms with Crippen molar-refractivity contribution in [2.75, 3.05) is 30.0 Å². The molecule has 1 N–H and O–H groups in total. The zero-order chi connectivity index (χ0) is 11.2. The molecule has 1 aliphatic heterocycles. The molecule has 0 bridgehead atoms. The summed E-state index contributed by atoms with van der Waals surface area (Å²) in [4.78, 5) is 0. The van der Waals surface area contributed by atoms with E-state index >= 15 is 0 Å². The Morgan fingerprint density at radius 2 is 2.31 bits per heavy atom. The highest BCUT2D eigenvalue weighted by molar-refractivity contribution is 7.99. The van der Waals surface area contributed by atoms with Crippen LogP contribution in [0, 0.1) is 5.92 Å². The molecule has 0 aromatic heterocycles. The molecule has 0 aliphatic carbocycles. The van der Waals surface area contributed by atoms with E-state index in [0.717, 1.165) is 30.5 Å². The molecule has 0 radical (unpaired) electrons. The zero-order valence-corrected chi connectivity index (χ0v) is 10.6. The second-order valence-electron chi connectivity index (χ2n) is 4.04. The summed E-state index contributed by atoms with van der Waals surface area (Å²) in [5, 5.41) is 3.50. The van der Waals surface area contributed by atoms with Crippen LogP contribution in [-0.4, -0.2) is 24.7 Å². The van der Waals surface area contributed by atoms with E-state index in [2.05, 4.69) is 23.1 Å². The molecule has 2 nitrogen and oxygen atoms in total. The van der Waals surface area contributed by atoms with Crippen molar-refractivity contribution in [2.45, 2.75) is 13.3 Å². The average Bonchev–Trinajstić information content (AvgIpc) is 2.81. The number of thioether (sulfide) groups is 1. The first-order valence-corrected chi connectivity index (χ1v) is 7.09. The molecule has 1 saturated heterocycles. The van der Waals surface area contributed by atoms with Crippen LogP contribution in [0.15, 0.2) is 24.3 Å². The summed E-state index contributed by atoms with van der Waals surface area (Å²) in [5.74, 6) is 4.40. The lowest BCUT2D eigenvalue weighted by Gasteiger charge is -2.14. The van der Waals surface area contributed by atoms with E-state index in [9.17, 15) is 0 Å². The van der Waals surface area contributed by atoms with Crippen LogP contribution in [0.25, 0.3) is 0 Å². The minimum absolute atomic E-state index is 0.720. The van der Waals surface area contributed by atoms with E-state index in [1.165, 1.54) is 17.9 Å². The van der Waals surface area contributed by atoms with Crippen LogP contribution in [0.1, 0.15) is 13.3 Å². The van der Waals surface area contributed by atoms with Crippen LogP contribution in [0.3, 0.4) is 0 Å². The van der Waals surface area contributed by atoms with E-state index in [-0.39, 0.29) is 0 Å². The molecule has 1 fully saturated rings. The second-order valence-corrected chi connectivity index (χ2v) is 5.19. The van der Waals surface area contributed by atoms with Crippen LogP contribution in [-0.2, 0) is 0 Å². The first kappa shape index (κ1) is 11.6. The summed E-state index contributed by atoms with van der Waals surface area (Å²) in [5.41, 5.74) is 1.13. The first-order valence-electron chi connectivity index (χ1n) is 5.93. The van der Waals surface area contributed by atoms with Crippen LogP contribution >= 0.6 is 11.8 Å². The molecular formula is C13H19NOS. The predicted octanol–water partition coefficient (Wildman–Crippen LogP) is 3.25. The predicted molar refractivity (Wildman–Crippen MR) is 71.5 cm³/mol. The number of anilines is 1. The Labute approximate surface area is 102 Å². The summed E-state index contributed by atoms with van der Waals surface area (Å²) < 4.78 is 5.58. The summed E-state index contributed by atoms with van der Waals surface area (Å²) in [7, 11) is 0. The van der Waals surface area contributed by atoms with Gasteiger partial charge in [-0.3, -0.25) is 0 Å². The van der Waals surface area contributed by atoms with Crippen LogP contribution in [0.5, 0.6) is 5.75 Å². The smallest absolute Gasteiger partial charge is 0.142 e. The van der Waals surface area contributed by atoms with Gasteiger partial charge in [0.05, 0.1) is 12.3 Å². The third-order valence-electron chi connectivity index (χ3n) is 2.79. The molecule has 1 aliphatic rings. The minimum Gasteiger partial charge on any atom is -0.492 e. The van der Waals surface area contributed by atoms with Gasteiger partial charge in [0.15, 0.2) is 0 Å². The molecule has 1 atom stereocenters. The van der Waals surface area contributed by atoms with Gasteiger partial charge in [0, 0.05) is 6.54 Å². The van der Waals surface area contributed by atoms with Crippen molar-refractivity contribution < 1.29 is 4.74 Å². The first-order chi connectivity index (χ1) is 7.90. The van der Waals surface area contributed by atoms with Gasteiger partial charge in [0.1, 0.15) is 5.75 Å². The molecule has 1 aromatic carbocycles. The summed E-state index contributed by atoms with van der Waals surface area (Å²) in [6, 6.07) is 8.18. The number of hydrogen-bond acceptors (Lipinski definition) is 3. The van der Waals surface area contributed by atoms with Gasteiger partial charge in [-0.2, -0.15) is 11.8 Å². The molecule has 1 heterocycles. The Bertz CT molecular complexity index is 323. The molecule has 0 amide bonds. The molecule has 0 saturated carbocycles. The highest BCUT2D eigenvalue weighted by atomic mass is 32.2. The zero-order valence-electron chi connectivity index (χ0n) is 9.74. The lowest BCUT2D eigenvalue weighted by molar-refractivity contribution is 0.341. The van der Waals surface area contributed by atoms with Crippen LogP contribution < -0.4 is 10.1 Å². The van der Waals surface area contributed by atoms with Crippen molar-refractivity contribution in [3.05, 3.63) is 24.3 Å². The van der Waals surface area contributed by atoms with Gasteiger partial charge >= 0.3 is 0 Å². The highest BCUT2D eigenvalue weighted by Crippen LogP contribution is 2.27. The van der Waals surface area contributed by atoms with E-state index in [4.69, 9.17) is 4.74 Å². The largest absolute Gasteiger partial charge is 0.492 e. The Hall–Kier alpha value is -0.830. The van der Waals surface area contributed by atoms with Gasteiger partial charge in [0.2, 0.25) is 0 Å². The Kier molecular flexibility index (Phi) is 4.40. The fourth-order valence-electron chi connectivity index (χ4n) is 1.89. The average molecular weight is 237 g/mol. The number of para-hydroxylation sites is 2. The standard InChI is InChI=1S/C13H19NOS/c1-2-15-13-6-4-3-5-12(13)14-9-11-7-8-16-10-11/h3-6,11,14H,2,7-10H2,1H3. The third-order valence-corrected chi connectivity index (χ3v) is 4.02. The van der Waals surface area contributed by atoms with Crippen LogP contribution in [0.4, 0.5) is 5.69 Å². The Morgan fingerprint density at radius 3 is 3.06 bits per heavy atom. The molecule has 88 valence electrons. The molecule has 1 unspecified atom stereocenters. The van der Waals surface area contributed by atoms with Crippen molar-refractivity contribution in [3.8, 4) is 5.75 Å². The van der Waals surface area contributed by atoms with E-state index < -0.39 is 0 Å². The summed E-state index contributed by atoms with van der Waals surface area (Å²) in [6.45, 7) is 3.81. The number of nitrogens with one attached hydrogen (secondary N) is 1. The van der Waals surface area contributed by atoms with Gasteiger partial charge in [-0.1, -0.05) is 12.1 Å². The molecule has 16 heavy (non-hydrogen) atoms. The number of ether oxygens (including phenoxy) is 1. The maximum absolute atomic E-state index is 5.58. The lowest BCUT2D eigenvalue weighted by Crippen LogP contribution is -2.14. The monoisotopic (exact) mass is 237 g/mol. The third kappa shape index (κ3) is 3.08. The lowest BCUT2D eigenvalue weighted by atomic mass is 10.1. The fourth-order valence-corrected chi connectivity index (χ4v) is 3.18. The maximum Gasteiger partial charge on any atom is 0.142 e. The summed E-state index contributed by atoms with van der Waals surface area (Å²) in [6.07, 6.45) is 1.34. The topological polar surface area (TPSA) is 21.3 Å². The van der Waals surface area contributed by atoms with E-state index in [0.29, 0.717) is 0 Å². The normalized spacial score (nSPS) is 19.7. The van der Waals surface area contributed by atoms with E-state index in [1.54, 1.807) is 0 Å². The van der Waals surface area contributed by atoms with Gasteiger partial charge < -0.3 is 10.1 Å². The highest BCUT2D eigenvalue weighted by Gasteiger charge is 2.15. The fraction of sp³-hybridized carbons (Fsp3) is 0.538. The molecule has 1 aromatic rings. The molecule has 0 spiro atoms. The van der Waals surface area contributed by atoms with Gasteiger partial charge in [-0.25, -0.2) is 0 Å². The van der Waals surface area contributed by atoms with Crippen molar-refractivity contribution >= 4 is 17.4 Å². The number of rotatable bonds is 5. The van der Waals surface area contributed by atoms with Crippen molar-refractivity contribution in [3.63, 3.8) is 0 Å². The van der Waals surface area contributed by atoms with Gasteiger partial charge in [0.25, 0.3) is 0 Å². The molecular weight excluding hydrogens is 218 g/mol. The van der Waals surface area contributed by atoms with Crippen LogP contribution in [0.2, 0.25) is 0 Å². The quantitative estimate of drug-likeness (QED) is 0.849. The van der Waals surface area contributed by atoms with Gasteiger partial charge in [-0.15, -0.1) is 0 Å². The Morgan fingerprint density at radius 1 is 1.44 bits per heavy atom. The summed E-state index contributed by atoms with van der Waals surface area (Å²) >= 11 is 2.06. The van der Waals surface area contributed by atoms with Gasteiger partial charge in [-0.05, 0) is 42.9 Å². The maximum atomic E-state index is 5.58. The second kappa shape index (κ2) is 6.04. The Balaban J connectivity index is 1.91. The van der Waals surface area contributed by atoms with Crippen molar-refractivity contribution in [1.29, 1.82) is 0 Å². The number of hydrogen-bond donors (Lipinski definition) is 1. The van der Waals surface area contributed by atoms with Crippen molar-refractivity contribution in [2.24, 2.45) is 5.92 Å². The number of benzene rings is 1. The van der Waals surface area contributed by atoms with E-state index in [1.807, 2.05) is 25.1 Å². The SMILES string of the molecule is CCOc1ccccc1NCC1CCSC1. The minimum atomic E-state index is 0.720. The van der Waals surface area contributed by atoms with Crippen molar-refractivity contribution in [1.82, 2.24) is 0 Å².